The third kappa shape index (κ3) is 5.09. The molecule has 1 aliphatic rings. The zero-order valence-corrected chi connectivity index (χ0v) is 17.6. The molecule has 0 bridgehead atoms. The maximum atomic E-state index is 11.9. The molecule has 1 aromatic heterocycles. The number of carbonyl (C=O) groups excluding carboxylic acids is 2. The van der Waals surface area contributed by atoms with Gasteiger partial charge in [-0.3, -0.25) is 4.79 Å². The van der Waals surface area contributed by atoms with Crippen LogP contribution < -0.4 is 15.1 Å². The highest BCUT2D eigenvalue weighted by Crippen LogP contribution is 2.35. The quantitative estimate of drug-likeness (QED) is 0.744. The van der Waals surface area contributed by atoms with E-state index in [0.717, 1.165) is 42.4 Å². The molecular formula is C18H27BrN4O3. The third-order valence-corrected chi connectivity index (χ3v) is 4.68. The Kier molecular flexibility index (Phi) is 6.49. The lowest BCUT2D eigenvalue weighted by Gasteiger charge is -2.35. The van der Waals surface area contributed by atoms with Crippen molar-refractivity contribution in [3.63, 3.8) is 0 Å². The summed E-state index contributed by atoms with van der Waals surface area (Å²) in [5, 5.41) is 2.93. The van der Waals surface area contributed by atoms with E-state index in [4.69, 9.17) is 4.74 Å². The summed E-state index contributed by atoms with van der Waals surface area (Å²) >= 11 is 3.52. The molecule has 8 heteroatoms. The highest BCUT2D eigenvalue weighted by atomic mass is 79.9. The molecular weight excluding hydrogens is 400 g/mol. The Morgan fingerprint density at radius 1 is 1.38 bits per heavy atom. The second kappa shape index (κ2) is 8.24. The second-order valence-electron chi connectivity index (χ2n) is 7.61. The van der Waals surface area contributed by atoms with Crippen LogP contribution in [0, 0.1) is 0 Å². The molecule has 1 aromatic rings. The number of ether oxygens (including phenoxy) is 1. The molecule has 2 heterocycles. The van der Waals surface area contributed by atoms with Crippen molar-refractivity contribution in [1.29, 1.82) is 0 Å². The molecule has 0 atom stereocenters. The predicted octanol–water partition coefficient (Wildman–Crippen LogP) is 3.22. The predicted molar refractivity (Wildman–Crippen MR) is 106 cm³/mol. The summed E-state index contributed by atoms with van der Waals surface area (Å²) < 4.78 is 6.11. The molecule has 7 nitrogen and oxygen atoms in total. The van der Waals surface area contributed by atoms with E-state index in [-0.39, 0.29) is 12.1 Å². The lowest BCUT2D eigenvalue weighted by atomic mass is 10.0. The van der Waals surface area contributed by atoms with Gasteiger partial charge in [-0.1, -0.05) is 0 Å². The van der Waals surface area contributed by atoms with Crippen LogP contribution in [-0.2, 0) is 4.74 Å². The first-order chi connectivity index (χ1) is 12.1. The molecule has 0 spiro atoms. The number of aromatic nitrogens is 1. The van der Waals surface area contributed by atoms with E-state index >= 15 is 0 Å². The number of piperidine rings is 1. The number of carbonyl (C=O) groups is 2. The van der Waals surface area contributed by atoms with E-state index < -0.39 is 5.60 Å². The first-order valence-corrected chi connectivity index (χ1v) is 9.47. The molecule has 1 saturated heterocycles. The van der Waals surface area contributed by atoms with Crippen LogP contribution >= 0.6 is 15.9 Å². The van der Waals surface area contributed by atoms with Crippen LogP contribution in [0.25, 0.3) is 0 Å². The topological polar surface area (TPSA) is 74.8 Å². The minimum Gasteiger partial charge on any atom is -0.444 e. The summed E-state index contributed by atoms with van der Waals surface area (Å²) in [6.07, 6.45) is 3.76. The van der Waals surface area contributed by atoms with Crippen molar-refractivity contribution < 1.29 is 14.3 Å². The van der Waals surface area contributed by atoms with Crippen molar-refractivity contribution in [2.45, 2.75) is 45.3 Å². The average Bonchev–Trinajstić information content (AvgIpc) is 2.53. The fourth-order valence-electron chi connectivity index (χ4n) is 2.99. The number of hydrogen-bond acceptors (Lipinski definition) is 6. The highest BCUT2D eigenvalue weighted by molar-refractivity contribution is 9.10. The van der Waals surface area contributed by atoms with Gasteiger partial charge in [0.15, 0.2) is 6.29 Å². The number of nitrogens with zero attached hydrogens (tertiary/aromatic N) is 3. The van der Waals surface area contributed by atoms with Gasteiger partial charge >= 0.3 is 6.09 Å². The number of anilines is 2. The molecule has 0 unspecified atom stereocenters. The number of aldehydes is 1. The van der Waals surface area contributed by atoms with Crippen LogP contribution in [0.4, 0.5) is 16.3 Å². The Hall–Kier alpha value is -1.83. The number of alkyl carbamates (subject to hydrolysis) is 1. The first-order valence-electron chi connectivity index (χ1n) is 8.68. The Morgan fingerprint density at radius 2 is 2.00 bits per heavy atom. The Bertz CT molecular complexity index is 665. The number of hydrogen-bond donors (Lipinski definition) is 1. The summed E-state index contributed by atoms with van der Waals surface area (Å²) in [5.74, 6) is 0.646. The van der Waals surface area contributed by atoms with E-state index in [0.29, 0.717) is 11.4 Å². The fraction of sp³-hybridized carbons (Fsp3) is 0.611. The van der Waals surface area contributed by atoms with Gasteiger partial charge < -0.3 is 19.9 Å². The van der Waals surface area contributed by atoms with Crippen molar-refractivity contribution in [1.82, 2.24) is 10.3 Å². The van der Waals surface area contributed by atoms with Gasteiger partial charge in [0.1, 0.15) is 11.4 Å². The summed E-state index contributed by atoms with van der Waals surface area (Å²) in [6.45, 7) is 7.01. The van der Waals surface area contributed by atoms with Crippen LogP contribution in [0.15, 0.2) is 10.7 Å². The van der Waals surface area contributed by atoms with Gasteiger partial charge in [0.25, 0.3) is 0 Å². The van der Waals surface area contributed by atoms with Crippen molar-refractivity contribution in [2.24, 2.45) is 0 Å². The summed E-state index contributed by atoms with van der Waals surface area (Å²) in [6, 6.07) is 0.0645. The Balaban J connectivity index is 2.07. The maximum absolute atomic E-state index is 11.9. The lowest BCUT2D eigenvalue weighted by Crippen LogP contribution is -2.46. The van der Waals surface area contributed by atoms with E-state index in [1.807, 2.05) is 39.8 Å². The van der Waals surface area contributed by atoms with Gasteiger partial charge in [-0.15, -0.1) is 0 Å². The van der Waals surface area contributed by atoms with Crippen LogP contribution in [0.5, 0.6) is 0 Å². The van der Waals surface area contributed by atoms with Gasteiger partial charge in [0, 0.05) is 39.4 Å². The van der Waals surface area contributed by atoms with Gasteiger partial charge in [0.2, 0.25) is 0 Å². The largest absolute Gasteiger partial charge is 0.444 e. The molecule has 2 rings (SSSR count). The monoisotopic (exact) mass is 426 g/mol. The van der Waals surface area contributed by atoms with Crippen LogP contribution in [0.2, 0.25) is 0 Å². The summed E-state index contributed by atoms with van der Waals surface area (Å²) in [5.41, 5.74) is 0.922. The number of nitrogens with one attached hydrogen (secondary N) is 1. The van der Waals surface area contributed by atoms with E-state index in [1.165, 1.54) is 0 Å². The van der Waals surface area contributed by atoms with Gasteiger partial charge in [-0.2, -0.15) is 0 Å². The second-order valence-corrected chi connectivity index (χ2v) is 8.47. The van der Waals surface area contributed by atoms with Crippen molar-refractivity contribution >= 4 is 39.8 Å². The molecule has 0 saturated carbocycles. The number of halogens is 1. The van der Waals surface area contributed by atoms with Gasteiger partial charge in [-0.05, 0) is 49.5 Å². The molecule has 0 aliphatic carbocycles. The first kappa shape index (κ1) is 20.5. The van der Waals surface area contributed by atoms with Gasteiger partial charge in [0.05, 0.1) is 15.7 Å². The zero-order chi connectivity index (χ0) is 19.5. The van der Waals surface area contributed by atoms with Crippen LogP contribution in [-0.4, -0.2) is 56.2 Å². The normalized spacial score (nSPS) is 15.5. The van der Waals surface area contributed by atoms with Crippen LogP contribution in [0.3, 0.4) is 0 Å². The summed E-state index contributed by atoms with van der Waals surface area (Å²) in [7, 11) is 3.73. The van der Waals surface area contributed by atoms with E-state index in [9.17, 15) is 9.59 Å². The van der Waals surface area contributed by atoms with Crippen molar-refractivity contribution in [3.8, 4) is 0 Å². The Labute approximate surface area is 163 Å². The SMILES string of the molecule is CN(C)c1ncc(Br)c(N2CCC(NC(=O)OC(C)(C)C)CC2)c1C=O. The Morgan fingerprint density at radius 3 is 2.50 bits per heavy atom. The van der Waals surface area contributed by atoms with E-state index in [2.05, 4.69) is 31.1 Å². The third-order valence-electron chi connectivity index (χ3n) is 4.10. The molecule has 0 aromatic carbocycles. The average molecular weight is 427 g/mol. The van der Waals surface area contributed by atoms with E-state index in [1.54, 1.807) is 6.20 Å². The van der Waals surface area contributed by atoms with Crippen LogP contribution in [0.1, 0.15) is 44.0 Å². The molecule has 1 fully saturated rings. The molecule has 1 N–H and O–H groups in total. The number of amides is 1. The molecule has 1 amide bonds. The minimum absolute atomic E-state index is 0.0645. The lowest BCUT2D eigenvalue weighted by molar-refractivity contribution is 0.0497. The van der Waals surface area contributed by atoms with Gasteiger partial charge in [-0.25, -0.2) is 9.78 Å². The maximum Gasteiger partial charge on any atom is 0.407 e. The smallest absolute Gasteiger partial charge is 0.407 e. The molecule has 1 aliphatic heterocycles. The summed E-state index contributed by atoms with van der Waals surface area (Å²) in [4.78, 5) is 32.0. The van der Waals surface area contributed by atoms with Crippen molar-refractivity contribution in [3.05, 3.63) is 16.2 Å². The molecule has 144 valence electrons. The minimum atomic E-state index is -0.506. The fourth-order valence-corrected chi connectivity index (χ4v) is 3.56. The number of rotatable bonds is 4. The van der Waals surface area contributed by atoms with Crippen molar-refractivity contribution in [2.75, 3.05) is 37.0 Å². The number of pyridine rings is 1. The molecule has 26 heavy (non-hydrogen) atoms. The highest BCUT2D eigenvalue weighted by Gasteiger charge is 2.27. The zero-order valence-electron chi connectivity index (χ0n) is 16.0. The standard InChI is InChI=1S/C18H27BrN4O3/c1-18(2,3)26-17(25)21-12-6-8-23(9-7-12)15-13(11-24)16(22(4)5)20-10-14(15)19/h10-12H,6-9H2,1-5H3,(H,21,25). The molecule has 0 radical (unpaired) electrons.